The Hall–Kier alpha value is -5.71. The molecule has 2 aromatic carbocycles. The first kappa shape index (κ1) is 58.6. The van der Waals surface area contributed by atoms with E-state index < -0.39 is 71.8 Å². The van der Waals surface area contributed by atoms with Gasteiger partial charge in [-0.15, -0.1) is 0 Å². The van der Waals surface area contributed by atoms with Gasteiger partial charge in [-0.1, -0.05) is 109 Å². The number of methoxy groups -OCH3 is 3. The van der Waals surface area contributed by atoms with Gasteiger partial charge in [-0.25, -0.2) is 4.79 Å². The summed E-state index contributed by atoms with van der Waals surface area (Å²) < 4.78 is 22.2. The predicted octanol–water partition coefficient (Wildman–Crippen LogP) is 6.38. The Bertz CT molecular complexity index is 2010. The summed E-state index contributed by atoms with van der Waals surface area (Å²) in [4.78, 5) is 96.3. The van der Waals surface area contributed by atoms with E-state index >= 15 is 0 Å². The van der Waals surface area contributed by atoms with Crippen LogP contribution in [0.4, 0.5) is 0 Å². The van der Waals surface area contributed by atoms with E-state index in [1.165, 1.54) is 107 Å². The highest BCUT2D eigenvalue weighted by Gasteiger charge is 2.36. The lowest BCUT2D eigenvalue weighted by Crippen LogP contribution is -2.57. The summed E-state index contributed by atoms with van der Waals surface area (Å²) in [6.45, 7) is 8.93. The molecule has 6 amide bonds. The number of fused-ring (bicyclic) bond motifs is 5. The van der Waals surface area contributed by atoms with E-state index in [0.717, 1.165) is 37.0 Å². The first-order valence-electron chi connectivity index (χ1n) is 25.4. The molecule has 0 spiro atoms. The highest BCUT2D eigenvalue weighted by Crippen LogP contribution is 2.40. The van der Waals surface area contributed by atoms with Crippen molar-refractivity contribution in [1.82, 2.24) is 31.5 Å². The third-order valence-corrected chi connectivity index (χ3v) is 12.6. The highest BCUT2D eigenvalue weighted by atomic mass is 16.5. The summed E-state index contributed by atoms with van der Waals surface area (Å²) >= 11 is 0. The molecule has 70 heavy (non-hydrogen) atoms. The van der Waals surface area contributed by atoms with Gasteiger partial charge in [0, 0.05) is 37.6 Å². The fraction of sp³-hybridized carbons (Fsp3) is 0.642. The van der Waals surface area contributed by atoms with E-state index in [1.807, 2.05) is 6.92 Å². The molecule has 1 heterocycles. The van der Waals surface area contributed by atoms with Gasteiger partial charge in [-0.2, -0.15) is 0 Å². The Kier molecular flexibility index (Phi) is 26.4. The van der Waals surface area contributed by atoms with Crippen molar-refractivity contribution in [2.45, 2.75) is 180 Å². The molecule has 0 radical (unpaired) electrons. The summed E-state index contributed by atoms with van der Waals surface area (Å²) in [7, 11) is 5.60. The van der Waals surface area contributed by atoms with E-state index in [-0.39, 0.29) is 25.4 Å². The van der Waals surface area contributed by atoms with Crippen LogP contribution < -0.4 is 36.1 Å². The molecule has 0 saturated carbocycles. The number of ether oxygens (including phenoxy) is 4. The molecule has 0 aliphatic carbocycles. The van der Waals surface area contributed by atoms with E-state index in [2.05, 4.69) is 33.5 Å². The average molecular weight is 979 g/mol. The lowest BCUT2D eigenvalue weighted by Gasteiger charge is -2.32. The minimum atomic E-state index is -1.35. The zero-order valence-corrected chi connectivity index (χ0v) is 43.3. The molecule has 6 atom stereocenters. The van der Waals surface area contributed by atoms with Gasteiger partial charge >= 0.3 is 5.97 Å². The number of carbonyl (C=O) groups is 7. The Morgan fingerprint density at radius 2 is 1.24 bits per heavy atom. The fourth-order valence-corrected chi connectivity index (χ4v) is 8.39. The number of benzene rings is 2. The monoisotopic (exact) mass is 979 g/mol. The SMILES string of the molecule is CCCCCCCCCCCCCCCC(=O)N[C@H](COCCCC)C(=O)N[C@H](C)C(=O)N[C@@H](C)C(=O)N(C)[C@@H]1C(=O)N[C@@H](C)C(=O)N[C@H](C(=O)OC)Cc2ccc(OC)c(c2)-c2cc1ccc2OC. The maximum absolute atomic E-state index is 14.3. The molecule has 0 aromatic heterocycles. The van der Waals surface area contributed by atoms with Crippen LogP contribution in [0, 0.1) is 0 Å². The van der Waals surface area contributed by atoms with Crippen molar-refractivity contribution in [3.05, 3.63) is 47.5 Å². The standard InChI is InChI=1S/C53H82N6O11/c1-10-12-14-15-16-17-18-19-20-21-22-23-24-25-46(60)57-43(34-70-30-13-11-2)50(63)54-35(3)48(61)56-37(5)52(65)59(6)47-39-27-29-45(68-8)41(33-39)40-31-38(26-28-44(40)67-7)32-42(53(66)69-9)58-49(62)36(4)55-51(47)64/h26-29,31,33,35-37,42-43,47H,10-25,30,32,34H2,1-9H3,(H,54,63)(H,55,64)(H,56,61)(H,57,60)(H,58,62)/t35-,36+,37+,42+,43-,47+/m1/s1. The van der Waals surface area contributed by atoms with E-state index in [4.69, 9.17) is 18.9 Å². The van der Waals surface area contributed by atoms with Crippen molar-refractivity contribution >= 4 is 41.4 Å². The molecule has 2 aromatic rings. The third kappa shape index (κ3) is 18.9. The molecule has 1 aliphatic heterocycles. The normalized spacial score (nSPS) is 17.1. The smallest absolute Gasteiger partial charge is 0.328 e. The number of hydrogen-bond acceptors (Lipinski definition) is 11. The number of esters is 1. The van der Waals surface area contributed by atoms with Crippen LogP contribution in [0.5, 0.6) is 11.5 Å². The van der Waals surface area contributed by atoms with Gasteiger partial charge in [0.25, 0.3) is 0 Å². The van der Waals surface area contributed by atoms with Crippen LogP contribution in [0.2, 0.25) is 0 Å². The van der Waals surface area contributed by atoms with Gasteiger partial charge < -0.3 is 50.4 Å². The van der Waals surface area contributed by atoms with Crippen molar-refractivity contribution in [2.24, 2.45) is 0 Å². The Labute approximate surface area is 416 Å². The second kappa shape index (κ2) is 31.5. The molecule has 3 rings (SSSR count). The maximum atomic E-state index is 14.3. The largest absolute Gasteiger partial charge is 0.496 e. The summed E-state index contributed by atoms with van der Waals surface area (Å²) in [6, 6.07) is 3.21. The predicted molar refractivity (Wildman–Crippen MR) is 269 cm³/mol. The van der Waals surface area contributed by atoms with Crippen molar-refractivity contribution in [1.29, 1.82) is 0 Å². The quantitative estimate of drug-likeness (QED) is 0.0445. The van der Waals surface area contributed by atoms with Gasteiger partial charge in [-0.3, -0.25) is 28.8 Å². The Morgan fingerprint density at radius 1 is 0.686 bits per heavy atom. The molecule has 17 heteroatoms. The first-order chi connectivity index (χ1) is 33.6. The van der Waals surface area contributed by atoms with E-state index in [9.17, 15) is 33.6 Å². The number of amides is 6. The maximum Gasteiger partial charge on any atom is 0.328 e. The Morgan fingerprint density at radius 3 is 1.83 bits per heavy atom. The fourth-order valence-electron chi connectivity index (χ4n) is 8.39. The highest BCUT2D eigenvalue weighted by molar-refractivity contribution is 5.97. The van der Waals surface area contributed by atoms with E-state index in [0.29, 0.717) is 46.8 Å². The van der Waals surface area contributed by atoms with Crippen LogP contribution in [0.1, 0.15) is 155 Å². The van der Waals surface area contributed by atoms with Crippen LogP contribution in [0.3, 0.4) is 0 Å². The number of likely N-dealkylation sites (N-methyl/N-ethyl adjacent to an activating group) is 1. The number of rotatable bonds is 29. The molecular formula is C53H82N6O11. The second-order valence-electron chi connectivity index (χ2n) is 18.4. The van der Waals surface area contributed by atoms with Gasteiger partial charge in [0.1, 0.15) is 47.8 Å². The van der Waals surface area contributed by atoms with Crippen molar-refractivity contribution in [3.8, 4) is 22.6 Å². The molecule has 4 bridgehead atoms. The molecule has 0 fully saturated rings. The first-order valence-corrected chi connectivity index (χ1v) is 25.4. The lowest BCUT2D eigenvalue weighted by molar-refractivity contribution is -0.145. The van der Waals surface area contributed by atoms with E-state index in [1.54, 1.807) is 36.4 Å². The molecule has 390 valence electrons. The molecule has 1 aliphatic rings. The van der Waals surface area contributed by atoms with Crippen molar-refractivity contribution in [3.63, 3.8) is 0 Å². The third-order valence-electron chi connectivity index (χ3n) is 12.6. The molecule has 17 nitrogen and oxygen atoms in total. The topological polar surface area (TPSA) is 220 Å². The zero-order chi connectivity index (χ0) is 51.6. The molecule has 0 unspecified atom stereocenters. The summed E-state index contributed by atoms with van der Waals surface area (Å²) in [5.41, 5.74) is 2.06. The average Bonchev–Trinajstić information content (AvgIpc) is 3.34. The lowest BCUT2D eigenvalue weighted by atomic mass is 9.93. The number of nitrogens with one attached hydrogen (secondary N) is 5. The summed E-state index contributed by atoms with van der Waals surface area (Å²) in [5.74, 6) is -3.47. The molecular weight excluding hydrogens is 897 g/mol. The minimum Gasteiger partial charge on any atom is -0.496 e. The van der Waals surface area contributed by atoms with Gasteiger partial charge in [-0.05, 0) is 69.0 Å². The molecule has 5 N–H and O–H groups in total. The van der Waals surface area contributed by atoms with Crippen molar-refractivity contribution < 1.29 is 52.5 Å². The van der Waals surface area contributed by atoms with Crippen LogP contribution >= 0.6 is 0 Å². The number of unbranched alkanes of at least 4 members (excludes halogenated alkanes) is 13. The number of hydrogen-bond donors (Lipinski definition) is 5. The van der Waals surface area contributed by atoms with Crippen LogP contribution in [0.15, 0.2) is 36.4 Å². The van der Waals surface area contributed by atoms with Gasteiger partial charge in [0.05, 0.1) is 27.9 Å². The molecule has 0 saturated heterocycles. The van der Waals surface area contributed by atoms with Crippen molar-refractivity contribution in [2.75, 3.05) is 41.6 Å². The zero-order valence-electron chi connectivity index (χ0n) is 43.3. The Balaban J connectivity index is 1.72. The van der Waals surface area contributed by atoms with Gasteiger partial charge in [0.15, 0.2) is 0 Å². The second-order valence-corrected chi connectivity index (χ2v) is 18.4. The van der Waals surface area contributed by atoms with Crippen LogP contribution in [-0.2, 0) is 49.5 Å². The number of carbonyl (C=O) groups excluding carboxylic acids is 7. The van der Waals surface area contributed by atoms with Crippen LogP contribution in [-0.4, -0.2) is 118 Å². The summed E-state index contributed by atoms with van der Waals surface area (Å²) in [5, 5.41) is 13.5. The number of nitrogens with zero attached hydrogens (tertiary/aromatic N) is 1. The van der Waals surface area contributed by atoms with Gasteiger partial charge in [0.2, 0.25) is 35.4 Å². The summed E-state index contributed by atoms with van der Waals surface area (Å²) in [6.07, 6.45) is 17.4. The minimum absolute atomic E-state index is 0.0635. The van der Waals surface area contributed by atoms with Crippen LogP contribution in [0.25, 0.3) is 11.1 Å².